The molecule has 0 spiro atoms. The van der Waals surface area contributed by atoms with Gasteiger partial charge in [-0.15, -0.1) is 0 Å². The maximum atomic E-state index is 8.83. The Morgan fingerprint density at radius 1 is 1.20 bits per heavy atom. The van der Waals surface area contributed by atoms with Crippen LogP contribution < -0.4 is 5.73 Å². The molecule has 0 aliphatic heterocycles. The van der Waals surface area contributed by atoms with Crippen LogP contribution >= 0.6 is 0 Å². The Kier molecular flexibility index (Phi) is 3.03. The van der Waals surface area contributed by atoms with Gasteiger partial charge in [-0.25, -0.2) is 0 Å². The fourth-order valence-electron chi connectivity index (χ4n) is 2.31. The summed E-state index contributed by atoms with van der Waals surface area (Å²) in [5, 5.41) is 8.83. The first-order chi connectivity index (χ1) is 7.29. The summed E-state index contributed by atoms with van der Waals surface area (Å²) in [5.74, 6) is 0.609. The Labute approximate surface area is 90.7 Å². The van der Waals surface area contributed by atoms with Gasteiger partial charge in [0.1, 0.15) is 0 Å². The van der Waals surface area contributed by atoms with E-state index in [4.69, 9.17) is 11.0 Å². The highest BCUT2D eigenvalue weighted by atomic mass is 14.6. The van der Waals surface area contributed by atoms with Crippen molar-refractivity contribution >= 4 is 0 Å². The minimum Gasteiger partial charge on any atom is -0.328 e. The number of nitrogens with zero attached hydrogens (tertiary/aromatic N) is 1. The summed E-state index contributed by atoms with van der Waals surface area (Å²) in [6, 6.07) is 10.6. The van der Waals surface area contributed by atoms with Crippen molar-refractivity contribution in [2.45, 2.75) is 37.6 Å². The van der Waals surface area contributed by atoms with Gasteiger partial charge in [0.05, 0.1) is 11.6 Å². The molecule has 0 radical (unpaired) electrons. The Balaban J connectivity index is 2.12. The van der Waals surface area contributed by atoms with Crippen molar-refractivity contribution in [1.82, 2.24) is 0 Å². The third-order valence-electron chi connectivity index (χ3n) is 3.26. The van der Waals surface area contributed by atoms with Gasteiger partial charge in [0.15, 0.2) is 0 Å². The molecule has 0 heterocycles. The van der Waals surface area contributed by atoms with Crippen molar-refractivity contribution < 1.29 is 0 Å². The number of hydrogen-bond donors (Lipinski definition) is 1. The molecule has 1 aliphatic carbocycles. The van der Waals surface area contributed by atoms with E-state index in [1.165, 1.54) is 5.56 Å². The predicted molar refractivity (Wildman–Crippen MR) is 60.3 cm³/mol. The van der Waals surface area contributed by atoms with Gasteiger partial charge in [0.25, 0.3) is 0 Å². The van der Waals surface area contributed by atoms with Crippen LogP contribution in [0.4, 0.5) is 0 Å². The van der Waals surface area contributed by atoms with Gasteiger partial charge in [0.2, 0.25) is 0 Å². The summed E-state index contributed by atoms with van der Waals surface area (Å²) in [5.41, 5.74) is 7.95. The Hall–Kier alpha value is -1.33. The predicted octanol–water partition coefficient (Wildman–Crippen LogP) is 2.54. The maximum Gasteiger partial charge on any atom is 0.0991 e. The van der Waals surface area contributed by atoms with Gasteiger partial charge in [-0.05, 0) is 49.3 Å². The van der Waals surface area contributed by atoms with Gasteiger partial charge in [-0.1, -0.05) is 12.1 Å². The Morgan fingerprint density at radius 3 is 2.60 bits per heavy atom. The minimum absolute atomic E-state index is 0.389. The molecule has 0 unspecified atom stereocenters. The minimum atomic E-state index is 0.389. The Bertz CT molecular complexity index is 370. The lowest BCUT2D eigenvalue weighted by molar-refractivity contribution is 0.395. The molecule has 0 aromatic heterocycles. The van der Waals surface area contributed by atoms with E-state index < -0.39 is 0 Å². The molecular formula is C13H16N2. The lowest BCUT2D eigenvalue weighted by Gasteiger charge is -2.26. The summed E-state index contributed by atoms with van der Waals surface area (Å²) in [6.45, 7) is 0. The molecule has 0 amide bonds. The molecule has 15 heavy (non-hydrogen) atoms. The van der Waals surface area contributed by atoms with Crippen LogP contribution in [0.25, 0.3) is 0 Å². The molecule has 1 aliphatic rings. The highest BCUT2D eigenvalue weighted by Crippen LogP contribution is 2.32. The van der Waals surface area contributed by atoms with E-state index in [1.54, 1.807) is 0 Å². The van der Waals surface area contributed by atoms with Gasteiger partial charge < -0.3 is 5.73 Å². The van der Waals surface area contributed by atoms with Crippen LogP contribution in [0.15, 0.2) is 24.3 Å². The number of benzene rings is 1. The van der Waals surface area contributed by atoms with Gasteiger partial charge in [-0.2, -0.15) is 5.26 Å². The van der Waals surface area contributed by atoms with Crippen LogP contribution in [0.3, 0.4) is 0 Å². The molecular weight excluding hydrogens is 184 g/mol. The zero-order valence-corrected chi connectivity index (χ0v) is 8.82. The van der Waals surface area contributed by atoms with E-state index in [-0.39, 0.29) is 0 Å². The molecule has 0 saturated heterocycles. The average Bonchev–Trinajstić information content (AvgIpc) is 2.30. The summed E-state index contributed by atoms with van der Waals surface area (Å²) < 4.78 is 0. The first kappa shape index (κ1) is 10.2. The average molecular weight is 200 g/mol. The van der Waals surface area contributed by atoms with Crippen molar-refractivity contribution in [2.75, 3.05) is 0 Å². The summed E-state index contributed by atoms with van der Waals surface area (Å²) in [7, 11) is 0. The van der Waals surface area contributed by atoms with Gasteiger partial charge in [0, 0.05) is 6.04 Å². The maximum absolute atomic E-state index is 8.83. The van der Waals surface area contributed by atoms with E-state index in [0.717, 1.165) is 31.2 Å². The lowest BCUT2D eigenvalue weighted by atomic mass is 9.82. The first-order valence-corrected chi connectivity index (χ1v) is 5.55. The molecule has 78 valence electrons. The largest absolute Gasteiger partial charge is 0.328 e. The van der Waals surface area contributed by atoms with Crippen LogP contribution in [0.1, 0.15) is 42.7 Å². The highest BCUT2D eigenvalue weighted by molar-refractivity contribution is 5.34. The standard InChI is InChI=1S/C13H16N2/c14-9-10-2-1-3-12(8-10)11-4-6-13(15)7-5-11/h1-3,8,11,13H,4-7,15H2. The lowest BCUT2D eigenvalue weighted by Crippen LogP contribution is -2.25. The molecule has 2 nitrogen and oxygen atoms in total. The molecule has 1 fully saturated rings. The van der Waals surface area contributed by atoms with E-state index in [0.29, 0.717) is 12.0 Å². The highest BCUT2D eigenvalue weighted by Gasteiger charge is 2.19. The van der Waals surface area contributed by atoms with Crippen molar-refractivity contribution in [1.29, 1.82) is 5.26 Å². The smallest absolute Gasteiger partial charge is 0.0991 e. The molecule has 2 N–H and O–H groups in total. The van der Waals surface area contributed by atoms with E-state index in [1.807, 2.05) is 18.2 Å². The first-order valence-electron chi connectivity index (χ1n) is 5.55. The third kappa shape index (κ3) is 2.37. The molecule has 2 rings (SSSR count). The second-order valence-electron chi connectivity index (χ2n) is 4.35. The van der Waals surface area contributed by atoms with Crippen LogP contribution in [0.2, 0.25) is 0 Å². The fourth-order valence-corrected chi connectivity index (χ4v) is 2.31. The van der Waals surface area contributed by atoms with Crippen LogP contribution in [0, 0.1) is 11.3 Å². The third-order valence-corrected chi connectivity index (χ3v) is 3.26. The molecule has 1 aromatic carbocycles. The zero-order valence-electron chi connectivity index (χ0n) is 8.82. The van der Waals surface area contributed by atoms with Crippen molar-refractivity contribution in [2.24, 2.45) is 5.73 Å². The molecule has 0 bridgehead atoms. The van der Waals surface area contributed by atoms with E-state index in [9.17, 15) is 0 Å². The van der Waals surface area contributed by atoms with E-state index >= 15 is 0 Å². The quantitative estimate of drug-likeness (QED) is 0.757. The monoisotopic (exact) mass is 200 g/mol. The molecule has 1 saturated carbocycles. The summed E-state index contributed by atoms with van der Waals surface area (Å²) in [6.07, 6.45) is 4.55. The molecule has 1 aromatic rings. The number of rotatable bonds is 1. The number of nitriles is 1. The summed E-state index contributed by atoms with van der Waals surface area (Å²) >= 11 is 0. The Morgan fingerprint density at radius 2 is 1.93 bits per heavy atom. The zero-order chi connectivity index (χ0) is 10.7. The number of hydrogen-bond acceptors (Lipinski definition) is 2. The topological polar surface area (TPSA) is 49.8 Å². The fraction of sp³-hybridized carbons (Fsp3) is 0.462. The van der Waals surface area contributed by atoms with Gasteiger partial charge in [-0.3, -0.25) is 0 Å². The number of nitrogens with two attached hydrogens (primary N) is 1. The molecule has 0 atom stereocenters. The normalized spacial score (nSPS) is 25.9. The summed E-state index contributed by atoms with van der Waals surface area (Å²) in [4.78, 5) is 0. The second kappa shape index (κ2) is 4.46. The second-order valence-corrected chi connectivity index (χ2v) is 4.35. The van der Waals surface area contributed by atoms with Crippen LogP contribution in [0.5, 0.6) is 0 Å². The van der Waals surface area contributed by atoms with Crippen LogP contribution in [-0.4, -0.2) is 6.04 Å². The SMILES string of the molecule is N#Cc1cccc(C2CCC(N)CC2)c1. The van der Waals surface area contributed by atoms with E-state index in [2.05, 4.69) is 12.1 Å². The molecule has 2 heteroatoms. The van der Waals surface area contributed by atoms with Crippen molar-refractivity contribution in [3.63, 3.8) is 0 Å². The van der Waals surface area contributed by atoms with Gasteiger partial charge >= 0.3 is 0 Å². The van der Waals surface area contributed by atoms with Crippen molar-refractivity contribution in [3.8, 4) is 6.07 Å². The van der Waals surface area contributed by atoms with Crippen LogP contribution in [-0.2, 0) is 0 Å². The van der Waals surface area contributed by atoms with Crippen molar-refractivity contribution in [3.05, 3.63) is 35.4 Å².